The molecule has 1 aliphatic heterocycles. The minimum Gasteiger partial charge on any atom is -0.339 e. The van der Waals surface area contributed by atoms with Crippen molar-refractivity contribution in [2.75, 3.05) is 42.9 Å². The van der Waals surface area contributed by atoms with Gasteiger partial charge in [0.05, 0.1) is 6.42 Å². The molecule has 148 valence electrons. The Bertz CT molecular complexity index is 788. The summed E-state index contributed by atoms with van der Waals surface area (Å²) in [5.41, 5.74) is 7.13. The van der Waals surface area contributed by atoms with Gasteiger partial charge in [0.25, 0.3) is 0 Å². The van der Waals surface area contributed by atoms with E-state index < -0.39 is 0 Å². The van der Waals surface area contributed by atoms with E-state index in [1.54, 1.807) is 25.4 Å². The van der Waals surface area contributed by atoms with Crippen LogP contribution >= 0.6 is 0 Å². The van der Waals surface area contributed by atoms with Crippen LogP contribution in [0.1, 0.15) is 12.5 Å². The van der Waals surface area contributed by atoms with Crippen molar-refractivity contribution in [3.8, 4) is 0 Å². The van der Waals surface area contributed by atoms with Crippen molar-refractivity contribution in [2.24, 2.45) is 11.7 Å². The highest BCUT2D eigenvalue weighted by atomic mass is 16.2. The van der Waals surface area contributed by atoms with Crippen molar-refractivity contribution in [1.29, 1.82) is 0 Å². The lowest BCUT2D eigenvalue weighted by Gasteiger charge is -2.34. The summed E-state index contributed by atoms with van der Waals surface area (Å²) >= 11 is 0. The maximum atomic E-state index is 12.6. The molecular weight excluding hydrogens is 356 g/mol. The molecule has 1 aromatic heterocycles. The Labute approximate surface area is 164 Å². The fourth-order valence-electron chi connectivity index (χ4n) is 2.98. The quantitative estimate of drug-likeness (QED) is 0.769. The summed E-state index contributed by atoms with van der Waals surface area (Å²) in [6, 6.07) is 9.16. The number of nitrogens with zero attached hydrogens (tertiary/aromatic N) is 4. The van der Waals surface area contributed by atoms with Crippen molar-refractivity contribution in [1.82, 2.24) is 14.9 Å². The summed E-state index contributed by atoms with van der Waals surface area (Å²) in [7, 11) is 0. The first kappa shape index (κ1) is 19.8. The van der Waals surface area contributed by atoms with Crippen molar-refractivity contribution in [3.63, 3.8) is 0 Å². The third-order valence-corrected chi connectivity index (χ3v) is 4.85. The number of carbonyl (C=O) groups excluding carboxylic acids is 2. The molecule has 0 aliphatic carbocycles. The monoisotopic (exact) mass is 382 g/mol. The van der Waals surface area contributed by atoms with Gasteiger partial charge in [0.15, 0.2) is 0 Å². The van der Waals surface area contributed by atoms with E-state index >= 15 is 0 Å². The fourth-order valence-corrected chi connectivity index (χ4v) is 2.98. The lowest BCUT2D eigenvalue weighted by Crippen LogP contribution is -2.49. The third-order valence-electron chi connectivity index (χ3n) is 4.85. The van der Waals surface area contributed by atoms with Crippen LogP contribution in [0.25, 0.3) is 0 Å². The number of aromatic nitrogens is 2. The van der Waals surface area contributed by atoms with E-state index in [1.807, 2.05) is 29.2 Å². The predicted molar refractivity (Wildman–Crippen MR) is 108 cm³/mol. The lowest BCUT2D eigenvalue weighted by molar-refractivity contribution is -0.130. The van der Waals surface area contributed by atoms with Gasteiger partial charge in [-0.05, 0) is 23.8 Å². The standard InChI is InChI=1S/C20H26N6O2/c1-15(14-21)19(28)24-17-5-3-16(4-6-17)13-18(27)25-9-11-26(12-10-25)20-22-7-2-8-23-20/h2-8,15H,9-14,21H2,1H3,(H,24,28). The maximum Gasteiger partial charge on any atom is 0.228 e. The Morgan fingerprint density at radius 1 is 1.11 bits per heavy atom. The molecule has 28 heavy (non-hydrogen) atoms. The molecule has 2 aromatic rings. The van der Waals surface area contributed by atoms with E-state index in [0.717, 1.165) is 18.7 Å². The Morgan fingerprint density at radius 2 is 1.75 bits per heavy atom. The van der Waals surface area contributed by atoms with Crippen molar-refractivity contribution in [3.05, 3.63) is 48.3 Å². The summed E-state index contributed by atoms with van der Waals surface area (Å²) in [5.74, 6) is 0.464. The summed E-state index contributed by atoms with van der Waals surface area (Å²) < 4.78 is 0. The molecule has 1 unspecified atom stereocenters. The average Bonchev–Trinajstić information content (AvgIpc) is 2.75. The average molecular weight is 382 g/mol. The van der Waals surface area contributed by atoms with Gasteiger partial charge in [-0.15, -0.1) is 0 Å². The first-order valence-electron chi connectivity index (χ1n) is 9.46. The van der Waals surface area contributed by atoms with Crippen molar-refractivity contribution in [2.45, 2.75) is 13.3 Å². The van der Waals surface area contributed by atoms with E-state index in [-0.39, 0.29) is 17.7 Å². The topological polar surface area (TPSA) is 104 Å². The zero-order valence-electron chi connectivity index (χ0n) is 16.0. The first-order valence-corrected chi connectivity index (χ1v) is 9.46. The Kier molecular flexibility index (Phi) is 6.54. The zero-order chi connectivity index (χ0) is 19.9. The van der Waals surface area contributed by atoms with Gasteiger partial charge in [-0.1, -0.05) is 19.1 Å². The molecule has 1 saturated heterocycles. The number of piperazine rings is 1. The third kappa shape index (κ3) is 5.04. The van der Waals surface area contributed by atoms with Crippen LogP contribution in [0.2, 0.25) is 0 Å². The normalized spacial score (nSPS) is 15.2. The molecule has 8 heteroatoms. The van der Waals surface area contributed by atoms with Gasteiger partial charge in [-0.3, -0.25) is 9.59 Å². The number of hydrogen-bond donors (Lipinski definition) is 2. The van der Waals surface area contributed by atoms with Crippen LogP contribution in [0.4, 0.5) is 11.6 Å². The van der Waals surface area contributed by atoms with E-state index in [1.165, 1.54) is 0 Å². The number of benzene rings is 1. The highest BCUT2D eigenvalue weighted by Gasteiger charge is 2.22. The fraction of sp³-hybridized carbons (Fsp3) is 0.400. The summed E-state index contributed by atoms with van der Waals surface area (Å²) in [4.78, 5) is 36.9. The van der Waals surface area contributed by atoms with E-state index in [0.29, 0.717) is 37.7 Å². The molecule has 8 nitrogen and oxygen atoms in total. The Hall–Kier alpha value is -3.00. The number of hydrogen-bond acceptors (Lipinski definition) is 6. The second-order valence-electron chi connectivity index (χ2n) is 6.92. The van der Waals surface area contributed by atoms with Crippen LogP contribution in [0, 0.1) is 5.92 Å². The van der Waals surface area contributed by atoms with Gasteiger partial charge in [0, 0.05) is 56.7 Å². The van der Waals surface area contributed by atoms with Gasteiger partial charge >= 0.3 is 0 Å². The van der Waals surface area contributed by atoms with Crippen molar-refractivity contribution >= 4 is 23.5 Å². The molecule has 1 aliphatic rings. The molecule has 2 heterocycles. The molecule has 0 spiro atoms. The molecule has 1 atom stereocenters. The molecule has 1 fully saturated rings. The minimum absolute atomic E-state index is 0.0992. The highest BCUT2D eigenvalue weighted by molar-refractivity contribution is 5.92. The number of amides is 2. The second kappa shape index (κ2) is 9.27. The molecule has 3 rings (SSSR count). The number of nitrogens with two attached hydrogens (primary N) is 1. The molecule has 2 amide bonds. The Balaban J connectivity index is 1.49. The van der Waals surface area contributed by atoms with Crippen LogP contribution in [0.5, 0.6) is 0 Å². The number of carbonyl (C=O) groups is 2. The summed E-state index contributed by atoms with van der Waals surface area (Å²) in [6.07, 6.45) is 3.79. The molecule has 3 N–H and O–H groups in total. The number of rotatable bonds is 6. The minimum atomic E-state index is -0.235. The van der Waals surface area contributed by atoms with Crippen LogP contribution < -0.4 is 16.0 Å². The molecule has 0 bridgehead atoms. The Morgan fingerprint density at radius 3 is 2.36 bits per heavy atom. The van der Waals surface area contributed by atoms with Gasteiger partial charge in [-0.25, -0.2) is 9.97 Å². The second-order valence-corrected chi connectivity index (χ2v) is 6.92. The molecule has 1 aromatic carbocycles. The zero-order valence-corrected chi connectivity index (χ0v) is 16.0. The van der Waals surface area contributed by atoms with Crippen LogP contribution in [0.15, 0.2) is 42.7 Å². The SMILES string of the molecule is CC(CN)C(=O)Nc1ccc(CC(=O)N2CCN(c3ncccn3)CC2)cc1. The van der Waals surface area contributed by atoms with Gasteiger partial charge in [-0.2, -0.15) is 0 Å². The molecule has 0 saturated carbocycles. The number of anilines is 2. The van der Waals surface area contributed by atoms with Crippen molar-refractivity contribution < 1.29 is 9.59 Å². The first-order chi connectivity index (χ1) is 13.6. The van der Waals surface area contributed by atoms with E-state index in [2.05, 4.69) is 20.2 Å². The van der Waals surface area contributed by atoms with Gasteiger partial charge in [0.2, 0.25) is 17.8 Å². The van der Waals surface area contributed by atoms with Crippen LogP contribution in [-0.4, -0.2) is 59.4 Å². The predicted octanol–water partition coefficient (Wildman–Crippen LogP) is 0.901. The largest absolute Gasteiger partial charge is 0.339 e. The molecular formula is C20H26N6O2. The smallest absolute Gasteiger partial charge is 0.228 e. The van der Waals surface area contributed by atoms with Gasteiger partial charge < -0.3 is 20.9 Å². The van der Waals surface area contributed by atoms with Crippen LogP contribution in [-0.2, 0) is 16.0 Å². The maximum absolute atomic E-state index is 12.6. The number of nitrogens with one attached hydrogen (secondary N) is 1. The van der Waals surface area contributed by atoms with E-state index in [4.69, 9.17) is 5.73 Å². The van der Waals surface area contributed by atoms with E-state index in [9.17, 15) is 9.59 Å². The molecule has 0 radical (unpaired) electrons. The highest BCUT2D eigenvalue weighted by Crippen LogP contribution is 2.14. The lowest BCUT2D eigenvalue weighted by atomic mass is 10.1. The summed E-state index contributed by atoms with van der Waals surface area (Å²) in [5, 5.41) is 2.83. The van der Waals surface area contributed by atoms with Gasteiger partial charge in [0.1, 0.15) is 0 Å². The van der Waals surface area contributed by atoms with Crippen LogP contribution in [0.3, 0.4) is 0 Å². The summed E-state index contributed by atoms with van der Waals surface area (Å²) in [6.45, 7) is 4.85.